The molecular formula is C29H24ClN3O3S. The van der Waals surface area contributed by atoms with E-state index in [-0.39, 0.29) is 18.3 Å². The third kappa shape index (κ3) is 5.88. The number of allylic oxidation sites excluding steroid dienone is 2. The van der Waals surface area contributed by atoms with Crippen LogP contribution in [0.4, 0.5) is 5.69 Å². The highest BCUT2D eigenvalue weighted by atomic mass is 35.5. The van der Waals surface area contributed by atoms with Crippen LogP contribution in [0.3, 0.4) is 0 Å². The van der Waals surface area contributed by atoms with Crippen molar-refractivity contribution in [1.82, 2.24) is 5.32 Å². The normalized spacial score (nSPS) is 15.1. The van der Waals surface area contributed by atoms with E-state index in [1.807, 2.05) is 42.5 Å². The molecule has 6 nitrogen and oxygen atoms in total. The average molecular weight is 530 g/mol. The first-order chi connectivity index (χ1) is 17.9. The first kappa shape index (κ1) is 26.1. The molecule has 3 aromatic carbocycles. The molecule has 0 saturated carbocycles. The van der Waals surface area contributed by atoms with Gasteiger partial charge in [-0.25, -0.2) is 4.79 Å². The second-order valence-electron chi connectivity index (χ2n) is 8.25. The van der Waals surface area contributed by atoms with Gasteiger partial charge in [-0.15, -0.1) is 0 Å². The lowest BCUT2D eigenvalue weighted by atomic mass is 9.82. The van der Waals surface area contributed by atoms with Crippen LogP contribution in [0.25, 0.3) is 10.8 Å². The number of rotatable bonds is 8. The Hall–Kier alpha value is -3.99. The number of fused-ring (bicyclic) bond motifs is 1. The highest BCUT2D eigenvalue weighted by molar-refractivity contribution is 8.03. The van der Waals surface area contributed by atoms with Gasteiger partial charge >= 0.3 is 5.97 Å². The van der Waals surface area contributed by atoms with E-state index in [1.165, 1.54) is 17.8 Å². The van der Waals surface area contributed by atoms with Crippen LogP contribution in [0.5, 0.6) is 0 Å². The third-order valence-corrected chi connectivity index (χ3v) is 7.08. The van der Waals surface area contributed by atoms with E-state index in [0.717, 1.165) is 16.5 Å². The van der Waals surface area contributed by atoms with E-state index in [2.05, 4.69) is 23.3 Å². The van der Waals surface area contributed by atoms with E-state index < -0.39 is 11.9 Å². The quantitative estimate of drug-likeness (QED) is 0.263. The van der Waals surface area contributed by atoms with Crippen molar-refractivity contribution in [3.05, 3.63) is 112 Å². The molecule has 1 unspecified atom stereocenters. The van der Waals surface area contributed by atoms with E-state index in [1.54, 1.807) is 31.2 Å². The highest BCUT2D eigenvalue weighted by Crippen LogP contribution is 2.41. The SMILES string of the molecule is C=CCOC(=O)C1=C(C)NC(SCC(=O)Nc2cccc3ccccc23)=C(C#N)C1c1ccc(Cl)cc1. The van der Waals surface area contributed by atoms with Crippen LogP contribution < -0.4 is 10.6 Å². The maximum absolute atomic E-state index is 13.0. The lowest BCUT2D eigenvalue weighted by Gasteiger charge is -2.29. The van der Waals surface area contributed by atoms with E-state index in [0.29, 0.717) is 32.5 Å². The fourth-order valence-corrected chi connectivity index (χ4v) is 5.17. The number of thioether (sulfide) groups is 1. The van der Waals surface area contributed by atoms with Crippen molar-refractivity contribution in [3.63, 3.8) is 0 Å². The van der Waals surface area contributed by atoms with Gasteiger partial charge in [0, 0.05) is 21.8 Å². The maximum Gasteiger partial charge on any atom is 0.337 e. The van der Waals surface area contributed by atoms with E-state index in [9.17, 15) is 14.9 Å². The smallest absolute Gasteiger partial charge is 0.337 e. The number of hydrogen-bond donors (Lipinski definition) is 2. The van der Waals surface area contributed by atoms with Crippen molar-refractivity contribution in [2.24, 2.45) is 0 Å². The number of ether oxygens (including phenoxy) is 1. The van der Waals surface area contributed by atoms with Crippen LogP contribution in [0.2, 0.25) is 5.02 Å². The number of amides is 1. The number of nitrogens with zero attached hydrogens (tertiary/aromatic N) is 1. The van der Waals surface area contributed by atoms with E-state index in [4.69, 9.17) is 16.3 Å². The number of dihydropyridines is 1. The molecule has 0 spiro atoms. The molecule has 1 amide bonds. The molecule has 2 N–H and O–H groups in total. The standard InChI is InChI=1S/C29H24ClN3O3S/c1-3-15-36-29(35)26-18(2)32-28(23(16-31)27(26)20-11-13-21(30)14-12-20)37-17-25(34)33-24-10-6-8-19-7-4-5-9-22(19)24/h3-14,27,32H,1,15,17H2,2H3,(H,33,34). The Kier molecular flexibility index (Phi) is 8.34. The number of nitriles is 1. The summed E-state index contributed by atoms with van der Waals surface area (Å²) in [5.41, 5.74) is 2.62. The zero-order valence-corrected chi connectivity index (χ0v) is 21.7. The average Bonchev–Trinajstić information content (AvgIpc) is 2.90. The number of nitrogens with one attached hydrogen (secondary N) is 2. The number of halogens is 1. The number of hydrogen-bond acceptors (Lipinski definition) is 6. The van der Waals surface area contributed by atoms with Gasteiger partial charge in [0.1, 0.15) is 6.61 Å². The molecule has 1 heterocycles. The highest BCUT2D eigenvalue weighted by Gasteiger charge is 2.35. The number of benzene rings is 3. The largest absolute Gasteiger partial charge is 0.458 e. The van der Waals surface area contributed by atoms with Crippen LogP contribution in [-0.2, 0) is 14.3 Å². The molecule has 1 aliphatic rings. The summed E-state index contributed by atoms with van der Waals surface area (Å²) in [5, 5.41) is 19.3. The van der Waals surface area contributed by atoms with Crippen LogP contribution >= 0.6 is 23.4 Å². The molecule has 3 aromatic rings. The molecule has 186 valence electrons. The van der Waals surface area contributed by atoms with Gasteiger partial charge < -0.3 is 15.4 Å². The van der Waals surface area contributed by atoms with Gasteiger partial charge in [-0.2, -0.15) is 5.26 Å². The molecular weight excluding hydrogens is 506 g/mol. The van der Waals surface area contributed by atoms with Crippen molar-refractivity contribution in [2.75, 3.05) is 17.7 Å². The topological polar surface area (TPSA) is 91.2 Å². The number of carbonyl (C=O) groups excluding carboxylic acids is 2. The summed E-state index contributed by atoms with van der Waals surface area (Å²) < 4.78 is 5.32. The minimum absolute atomic E-state index is 0.0461. The molecule has 0 aliphatic carbocycles. The third-order valence-electron chi connectivity index (χ3n) is 5.81. The Morgan fingerprint density at radius 3 is 2.62 bits per heavy atom. The summed E-state index contributed by atoms with van der Waals surface area (Å²) in [4.78, 5) is 25.8. The summed E-state index contributed by atoms with van der Waals surface area (Å²) in [6.07, 6.45) is 1.48. The van der Waals surface area contributed by atoms with Crippen molar-refractivity contribution >= 4 is 51.7 Å². The fourth-order valence-electron chi connectivity index (χ4n) is 4.16. The number of esters is 1. The van der Waals surface area contributed by atoms with Gasteiger partial charge in [0.15, 0.2) is 0 Å². The Morgan fingerprint density at radius 1 is 1.16 bits per heavy atom. The Morgan fingerprint density at radius 2 is 1.89 bits per heavy atom. The Labute approximate surface area is 224 Å². The summed E-state index contributed by atoms with van der Waals surface area (Å²) in [6.45, 7) is 5.38. The molecule has 37 heavy (non-hydrogen) atoms. The zero-order valence-electron chi connectivity index (χ0n) is 20.1. The Balaban J connectivity index is 1.60. The van der Waals surface area contributed by atoms with E-state index >= 15 is 0 Å². The van der Waals surface area contributed by atoms with Gasteiger partial charge in [0.05, 0.1) is 33.9 Å². The second kappa shape index (κ2) is 11.8. The monoisotopic (exact) mass is 529 g/mol. The van der Waals surface area contributed by atoms with Gasteiger partial charge in [-0.1, -0.05) is 84.5 Å². The minimum atomic E-state index is -0.676. The lowest BCUT2D eigenvalue weighted by Crippen LogP contribution is -2.29. The summed E-state index contributed by atoms with van der Waals surface area (Å²) in [6, 6.07) is 22.8. The molecule has 4 rings (SSSR count). The molecule has 8 heteroatoms. The van der Waals surface area contributed by atoms with Crippen LogP contribution in [0.1, 0.15) is 18.4 Å². The van der Waals surface area contributed by atoms with Gasteiger partial charge in [-0.05, 0) is 36.1 Å². The summed E-state index contributed by atoms with van der Waals surface area (Å²) in [7, 11) is 0. The molecule has 0 bridgehead atoms. The minimum Gasteiger partial charge on any atom is -0.458 e. The summed E-state index contributed by atoms with van der Waals surface area (Å²) >= 11 is 7.29. The van der Waals surface area contributed by atoms with Gasteiger partial charge in [-0.3, -0.25) is 4.79 Å². The van der Waals surface area contributed by atoms with Crippen LogP contribution in [0.15, 0.2) is 101 Å². The van der Waals surface area contributed by atoms with Crippen molar-refractivity contribution in [3.8, 4) is 6.07 Å². The molecule has 1 aliphatic heterocycles. The van der Waals surface area contributed by atoms with Crippen molar-refractivity contribution in [2.45, 2.75) is 12.8 Å². The Bertz CT molecular complexity index is 1470. The first-order valence-electron chi connectivity index (χ1n) is 11.5. The fraction of sp³-hybridized carbons (Fsp3) is 0.138. The zero-order chi connectivity index (χ0) is 26.4. The van der Waals surface area contributed by atoms with Crippen molar-refractivity contribution in [1.29, 1.82) is 5.26 Å². The predicted molar refractivity (Wildman–Crippen MR) is 149 cm³/mol. The molecule has 0 aromatic heterocycles. The van der Waals surface area contributed by atoms with Gasteiger partial charge in [0.25, 0.3) is 0 Å². The number of carbonyl (C=O) groups is 2. The first-order valence-corrected chi connectivity index (χ1v) is 12.8. The molecule has 0 radical (unpaired) electrons. The molecule has 0 saturated heterocycles. The lowest BCUT2D eigenvalue weighted by molar-refractivity contribution is -0.138. The second-order valence-corrected chi connectivity index (χ2v) is 9.68. The summed E-state index contributed by atoms with van der Waals surface area (Å²) in [5.74, 6) is -1.37. The molecule has 1 atom stereocenters. The maximum atomic E-state index is 13.0. The predicted octanol–water partition coefficient (Wildman–Crippen LogP) is 6.29. The number of anilines is 1. The van der Waals surface area contributed by atoms with Crippen molar-refractivity contribution < 1.29 is 14.3 Å². The molecule has 0 fully saturated rings. The van der Waals surface area contributed by atoms with Gasteiger partial charge in [0.2, 0.25) is 5.91 Å². The van der Waals surface area contributed by atoms with Crippen LogP contribution in [-0.4, -0.2) is 24.2 Å². The van der Waals surface area contributed by atoms with Crippen LogP contribution in [0, 0.1) is 11.3 Å².